The number of methoxy groups -OCH3 is 1. The Kier molecular flexibility index (Phi) is 9.01. The number of carbonyl (C=O) groups excluding carboxylic acids is 1. The minimum absolute atomic E-state index is 0.116. The number of nitrogens with two attached hydrogens (primary N) is 2. The van der Waals surface area contributed by atoms with Crippen molar-refractivity contribution < 1.29 is 9.53 Å². The molecule has 0 heterocycles. The van der Waals surface area contributed by atoms with E-state index in [9.17, 15) is 4.79 Å². The van der Waals surface area contributed by atoms with E-state index < -0.39 is 0 Å². The third-order valence-corrected chi connectivity index (χ3v) is 1.93. The monoisotopic (exact) mass is 238 g/mol. The van der Waals surface area contributed by atoms with E-state index in [0.29, 0.717) is 19.4 Å². The summed E-state index contributed by atoms with van der Waals surface area (Å²) in [5, 5.41) is 0. The Bertz CT molecular complexity index is 303. The summed E-state index contributed by atoms with van der Waals surface area (Å²) in [7, 11) is 1.57. The lowest BCUT2D eigenvalue weighted by molar-refractivity contribution is -0.118. The minimum Gasteiger partial charge on any atom is -0.402 e. The van der Waals surface area contributed by atoms with E-state index in [1.165, 1.54) is 0 Å². The number of hydrogen-bond donors (Lipinski definition) is 2. The van der Waals surface area contributed by atoms with Gasteiger partial charge in [-0.2, -0.15) is 0 Å². The van der Waals surface area contributed by atoms with Crippen molar-refractivity contribution in [3.05, 3.63) is 36.1 Å². The van der Waals surface area contributed by atoms with Crippen molar-refractivity contribution >= 4 is 5.78 Å². The van der Waals surface area contributed by atoms with Gasteiger partial charge >= 0.3 is 0 Å². The summed E-state index contributed by atoms with van der Waals surface area (Å²) in [5.41, 5.74) is 11.9. The van der Waals surface area contributed by atoms with Gasteiger partial charge in [0.15, 0.2) is 0 Å². The fraction of sp³-hybridized carbons (Fsp3) is 0.462. The standard InChI is InChI=1S/C13H22N2O2/c1-11(14)7-5-3-4-6-8-13(16)9-12(15)10-17-2/h3-7,12H,8-10,14-15H2,1-2H3/b5-3-,6-4+,11-7+/t12-/m0/s1. The predicted molar refractivity (Wildman–Crippen MR) is 70.3 cm³/mol. The smallest absolute Gasteiger partial charge is 0.138 e. The van der Waals surface area contributed by atoms with Crippen LogP contribution in [0.25, 0.3) is 0 Å². The average Bonchev–Trinajstić information content (AvgIpc) is 2.23. The Morgan fingerprint density at radius 3 is 2.65 bits per heavy atom. The van der Waals surface area contributed by atoms with Gasteiger partial charge in [0.05, 0.1) is 6.61 Å². The Morgan fingerprint density at radius 1 is 1.35 bits per heavy atom. The lowest BCUT2D eigenvalue weighted by Gasteiger charge is -2.07. The maximum absolute atomic E-state index is 11.4. The van der Waals surface area contributed by atoms with E-state index in [1.54, 1.807) is 19.3 Å². The van der Waals surface area contributed by atoms with Crippen LogP contribution in [0.5, 0.6) is 0 Å². The summed E-state index contributed by atoms with van der Waals surface area (Å²) in [6.07, 6.45) is 9.82. The van der Waals surface area contributed by atoms with E-state index in [0.717, 1.165) is 5.70 Å². The van der Waals surface area contributed by atoms with Gasteiger partial charge in [-0.05, 0) is 13.0 Å². The highest BCUT2D eigenvalue weighted by molar-refractivity contribution is 5.80. The maximum atomic E-state index is 11.4. The molecule has 0 unspecified atom stereocenters. The Labute approximate surface area is 103 Å². The molecule has 17 heavy (non-hydrogen) atoms. The highest BCUT2D eigenvalue weighted by Crippen LogP contribution is 1.96. The topological polar surface area (TPSA) is 78.3 Å². The molecule has 4 nitrogen and oxygen atoms in total. The van der Waals surface area contributed by atoms with E-state index >= 15 is 0 Å². The van der Waals surface area contributed by atoms with Gasteiger partial charge in [0.25, 0.3) is 0 Å². The van der Waals surface area contributed by atoms with Crippen molar-refractivity contribution in [3.8, 4) is 0 Å². The fourth-order valence-corrected chi connectivity index (χ4v) is 1.20. The van der Waals surface area contributed by atoms with Crippen LogP contribution in [0.15, 0.2) is 36.1 Å². The van der Waals surface area contributed by atoms with Gasteiger partial charge in [-0.25, -0.2) is 0 Å². The second kappa shape index (κ2) is 9.81. The fourth-order valence-electron chi connectivity index (χ4n) is 1.20. The molecule has 0 fully saturated rings. The zero-order valence-electron chi connectivity index (χ0n) is 10.6. The van der Waals surface area contributed by atoms with Crippen LogP contribution in [0.4, 0.5) is 0 Å². The predicted octanol–water partition coefficient (Wildman–Crippen LogP) is 1.28. The zero-order valence-corrected chi connectivity index (χ0v) is 10.6. The molecule has 0 saturated heterocycles. The molecule has 4 N–H and O–H groups in total. The lowest BCUT2D eigenvalue weighted by Crippen LogP contribution is -2.28. The van der Waals surface area contributed by atoms with Gasteiger partial charge in [0.2, 0.25) is 0 Å². The first-order valence-electron chi connectivity index (χ1n) is 5.58. The molecule has 0 rings (SSSR count). The minimum atomic E-state index is -0.209. The molecule has 0 aliphatic rings. The quantitative estimate of drug-likeness (QED) is 0.624. The third kappa shape index (κ3) is 10.9. The molecule has 0 radical (unpaired) electrons. The van der Waals surface area contributed by atoms with Gasteiger partial charge in [0.1, 0.15) is 5.78 Å². The molecule has 1 atom stereocenters. The van der Waals surface area contributed by atoms with E-state index in [2.05, 4.69) is 0 Å². The van der Waals surface area contributed by atoms with Gasteiger partial charge in [-0.3, -0.25) is 4.79 Å². The van der Waals surface area contributed by atoms with Gasteiger partial charge < -0.3 is 16.2 Å². The highest BCUT2D eigenvalue weighted by Gasteiger charge is 2.07. The molecular weight excluding hydrogens is 216 g/mol. The van der Waals surface area contributed by atoms with Crippen molar-refractivity contribution in [1.82, 2.24) is 0 Å². The number of hydrogen-bond acceptors (Lipinski definition) is 4. The molecule has 0 amide bonds. The number of carbonyl (C=O) groups is 1. The lowest BCUT2D eigenvalue weighted by atomic mass is 10.1. The van der Waals surface area contributed by atoms with Crippen molar-refractivity contribution in [2.24, 2.45) is 11.5 Å². The van der Waals surface area contributed by atoms with Gasteiger partial charge in [-0.1, -0.05) is 24.3 Å². The van der Waals surface area contributed by atoms with Crippen molar-refractivity contribution in [1.29, 1.82) is 0 Å². The zero-order chi connectivity index (χ0) is 13.1. The summed E-state index contributed by atoms with van der Waals surface area (Å²) >= 11 is 0. The third-order valence-electron chi connectivity index (χ3n) is 1.93. The SMILES string of the molecule is COC[C@@H](N)CC(=O)C/C=C/C=C\C=C(/C)N. The van der Waals surface area contributed by atoms with Crippen molar-refractivity contribution in [3.63, 3.8) is 0 Å². The largest absolute Gasteiger partial charge is 0.402 e. The molecule has 0 aliphatic heterocycles. The number of ketones is 1. The highest BCUT2D eigenvalue weighted by atomic mass is 16.5. The van der Waals surface area contributed by atoms with E-state index in [1.807, 2.05) is 25.2 Å². The van der Waals surface area contributed by atoms with Crippen LogP contribution in [-0.2, 0) is 9.53 Å². The van der Waals surface area contributed by atoms with Crippen LogP contribution in [-0.4, -0.2) is 25.5 Å². The molecule has 4 heteroatoms. The maximum Gasteiger partial charge on any atom is 0.138 e. The second-order valence-electron chi connectivity index (χ2n) is 3.89. The van der Waals surface area contributed by atoms with Crippen LogP contribution >= 0.6 is 0 Å². The molecule has 0 saturated carbocycles. The normalized spacial score (nSPS) is 14.6. The van der Waals surface area contributed by atoms with Crippen LogP contribution in [0.3, 0.4) is 0 Å². The first-order valence-corrected chi connectivity index (χ1v) is 5.58. The number of rotatable bonds is 8. The summed E-state index contributed by atoms with van der Waals surface area (Å²) in [6.45, 7) is 2.23. The first kappa shape index (κ1) is 15.6. The molecule has 96 valence electrons. The molecule has 0 bridgehead atoms. The molecule has 0 aromatic heterocycles. The molecule has 0 aromatic rings. The van der Waals surface area contributed by atoms with Crippen molar-refractivity contribution in [2.75, 3.05) is 13.7 Å². The Morgan fingerprint density at radius 2 is 2.06 bits per heavy atom. The van der Waals surface area contributed by atoms with Crippen LogP contribution in [0.1, 0.15) is 19.8 Å². The summed E-state index contributed by atoms with van der Waals surface area (Å²) < 4.78 is 4.86. The van der Waals surface area contributed by atoms with Crippen molar-refractivity contribution in [2.45, 2.75) is 25.8 Å². The van der Waals surface area contributed by atoms with E-state index in [-0.39, 0.29) is 11.8 Å². The van der Waals surface area contributed by atoms with Gasteiger partial charge in [-0.15, -0.1) is 0 Å². The molecular formula is C13H22N2O2. The summed E-state index contributed by atoms with van der Waals surface area (Å²) in [5.74, 6) is 0.116. The molecule has 0 aliphatic carbocycles. The second-order valence-corrected chi connectivity index (χ2v) is 3.89. The summed E-state index contributed by atoms with van der Waals surface area (Å²) in [6, 6.07) is -0.209. The average molecular weight is 238 g/mol. The number of Topliss-reactive ketones (excluding diaryl/α,β-unsaturated/α-hetero) is 1. The number of ether oxygens (including phenoxy) is 1. The van der Waals surface area contributed by atoms with Crippen LogP contribution < -0.4 is 11.5 Å². The Balaban J connectivity index is 3.80. The van der Waals surface area contributed by atoms with Gasteiger partial charge in [0, 0.05) is 31.7 Å². The van der Waals surface area contributed by atoms with E-state index in [4.69, 9.17) is 16.2 Å². The van der Waals surface area contributed by atoms with Crippen LogP contribution in [0.2, 0.25) is 0 Å². The Hall–Kier alpha value is -1.39. The number of allylic oxidation sites excluding steroid dienone is 6. The van der Waals surface area contributed by atoms with Crippen LogP contribution in [0, 0.1) is 0 Å². The molecule has 0 aromatic carbocycles. The first-order chi connectivity index (χ1) is 8.06. The summed E-state index contributed by atoms with van der Waals surface area (Å²) in [4.78, 5) is 11.4. The molecule has 0 spiro atoms.